The topological polar surface area (TPSA) is 144 Å². The highest BCUT2D eigenvalue weighted by atomic mass is 35.5. The van der Waals surface area contributed by atoms with Gasteiger partial charge in [-0.15, -0.1) is 0 Å². The zero-order valence-electron chi connectivity index (χ0n) is 18.0. The molecule has 0 atom stereocenters. The predicted molar refractivity (Wildman–Crippen MR) is 122 cm³/mol. The third-order valence-corrected chi connectivity index (χ3v) is 5.61. The number of hydrogen-bond acceptors (Lipinski definition) is 8. The Bertz CT molecular complexity index is 975. The molecule has 0 unspecified atom stereocenters. The van der Waals surface area contributed by atoms with Gasteiger partial charge in [0.25, 0.3) is 0 Å². The largest absolute Gasteiger partial charge is 0.477 e. The maximum absolute atomic E-state index is 13.9. The summed E-state index contributed by atoms with van der Waals surface area (Å²) in [7, 11) is 0. The maximum Gasteiger partial charge on any atom is 0.344 e. The van der Waals surface area contributed by atoms with E-state index in [2.05, 4.69) is 15.0 Å². The molecule has 0 aliphatic heterocycles. The number of nitrogens with zero attached hydrogens (tertiary/aromatic N) is 2. The summed E-state index contributed by atoms with van der Waals surface area (Å²) in [5.74, 6) is -3.45. The molecule has 188 valence electrons. The second kappa shape index (κ2) is 14.0. The molecule has 0 aliphatic carbocycles. The highest BCUT2D eigenvalue weighted by Crippen LogP contribution is 2.31. The molecule has 5 N–H and O–H groups in total. The van der Waals surface area contributed by atoms with Crippen molar-refractivity contribution in [2.75, 3.05) is 44.7 Å². The first-order valence-corrected chi connectivity index (χ1v) is 11.4. The van der Waals surface area contributed by atoms with Gasteiger partial charge >= 0.3 is 12.0 Å². The molecule has 10 nitrogen and oxygen atoms in total. The number of carbonyl (C=O) groups is 2. The molecule has 2 rings (SSSR count). The summed E-state index contributed by atoms with van der Waals surface area (Å²) in [5, 5.41) is 32.0. The molecule has 0 bridgehead atoms. The molecule has 0 fully saturated rings. The standard InChI is InChI=1S/C20H25ClF2N4O6S/c21-13-10-14(22)12(9-15(13)23)11-33-17-16(19(30)31)18(34-26-17)25-20(32)24-3-1-2-4-27(5-7-28)6-8-29/h9-10,28-29H,1-8,11H2,(H,30,31)(H2,24,25,32). The number of unbranched alkanes of at least 4 members (excludes halogenated alkanes) is 1. The first-order valence-electron chi connectivity index (χ1n) is 10.2. The van der Waals surface area contributed by atoms with Crippen molar-refractivity contribution in [2.24, 2.45) is 0 Å². The molecule has 1 aromatic heterocycles. The second-order valence-corrected chi connectivity index (χ2v) is 8.20. The van der Waals surface area contributed by atoms with Gasteiger partial charge in [-0.3, -0.25) is 10.2 Å². The van der Waals surface area contributed by atoms with Crippen molar-refractivity contribution in [3.63, 3.8) is 0 Å². The lowest BCUT2D eigenvalue weighted by Gasteiger charge is -2.19. The Labute approximate surface area is 203 Å². The van der Waals surface area contributed by atoms with Crippen LogP contribution in [0.3, 0.4) is 0 Å². The Kier molecular flexibility index (Phi) is 11.4. The number of carboxylic acid groups (broad SMARTS) is 1. The summed E-state index contributed by atoms with van der Waals surface area (Å²) in [6.45, 7) is 1.31. The molecule has 0 spiro atoms. The Morgan fingerprint density at radius 2 is 1.82 bits per heavy atom. The van der Waals surface area contributed by atoms with Crippen LogP contribution in [-0.4, -0.2) is 76.0 Å². The van der Waals surface area contributed by atoms with Gasteiger partial charge in [0.1, 0.15) is 23.2 Å². The molecule has 0 aliphatic rings. The van der Waals surface area contributed by atoms with E-state index in [9.17, 15) is 23.5 Å². The summed E-state index contributed by atoms with van der Waals surface area (Å²) in [4.78, 5) is 25.7. The Morgan fingerprint density at radius 1 is 1.12 bits per heavy atom. The van der Waals surface area contributed by atoms with Crippen molar-refractivity contribution in [3.8, 4) is 5.88 Å². The van der Waals surface area contributed by atoms with E-state index in [1.54, 1.807) is 0 Å². The van der Waals surface area contributed by atoms with E-state index in [1.807, 2.05) is 4.90 Å². The van der Waals surface area contributed by atoms with Gasteiger partial charge in [-0.05, 0) is 43.1 Å². The molecule has 1 heterocycles. The minimum atomic E-state index is -1.42. The van der Waals surface area contributed by atoms with Crippen LogP contribution in [0.5, 0.6) is 5.88 Å². The van der Waals surface area contributed by atoms with Gasteiger partial charge < -0.3 is 25.4 Å². The van der Waals surface area contributed by atoms with E-state index in [0.29, 0.717) is 50.6 Å². The summed E-state index contributed by atoms with van der Waals surface area (Å²) in [6.07, 6.45) is 1.33. The van der Waals surface area contributed by atoms with Crippen LogP contribution < -0.4 is 15.4 Å². The van der Waals surface area contributed by atoms with E-state index < -0.39 is 40.8 Å². The highest BCUT2D eigenvalue weighted by Gasteiger charge is 2.24. The van der Waals surface area contributed by atoms with Crippen LogP contribution in [0.25, 0.3) is 0 Å². The lowest BCUT2D eigenvalue weighted by atomic mass is 10.2. The third kappa shape index (κ3) is 8.33. The van der Waals surface area contributed by atoms with E-state index in [1.165, 1.54) is 0 Å². The van der Waals surface area contributed by atoms with Crippen LogP contribution in [0.4, 0.5) is 18.6 Å². The normalized spacial score (nSPS) is 11.0. The highest BCUT2D eigenvalue weighted by molar-refractivity contribution is 7.11. The van der Waals surface area contributed by atoms with Crippen LogP contribution in [-0.2, 0) is 6.61 Å². The molecule has 0 radical (unpaired) electrons. The summed E-state index contributed by atoms with van der Waals surface area (Å²) in [6, 6.07) is 0.971. The Hall–Kier alpha value is -2.58. The number of ether oxygens (including phenoxy) is 1. The molecule has 0 saturated carbocycles. The number of aliphatic hydroxyl groups excluding tert-OH is 2. The van der Waals surface area contributed by atoms with Crippen LogP contribution in [0.2, 0.25) is 5.02 Å². The number of aliphatic hydroxyl groups is 2. The average Bonchev–Trinajstić information content (AvgIpc) is 3.17. The number of anilines is 1. The van der Waals surface area contributed by atoms with Gasteiger partial charge in [-0.25, -0.2) is 18.4 Å². The molecule has 1 aromatic carbocycles. The minimum Gasteiger partial charge on any atom is -0.477 e. The number of carboxylic acids is 1. The predicted octanol–water partition coefficient (Wildman–Crippen LogP) is 2.54. The van der Waals surface area contributed by atoms with Crippen LogP contribution in [0.1, 0.15) is 28.8 Å². The smallest absolute Gasteiger partial charge is 0.344 e. The van der Waals surface area contributed by atoms with Gasteiger partial charge in [0.05, 0.1) is 18.2 Å². The fraction of sp³-hybridized carbons (Fsp3) is 0.450. The SMILES string of the molecule is O=C(NCCCCN(CCO)CCO)Nc1snc(OCc2cc(F)c(Cl)cc2F)c1C(=O)O. The summed E-state index contributed by atoms with van der Waals surface area (Å²) in [5.41, 5.74) is -0.603. The van der Waals surface area contributed by atoms with Crippen molar-refractivity contribution < 1.29 is 38.4 Å². The quantitative estimate of drug-likeness (QED) is 0.188. The first kappa shape index (κ1) is 27.7. The average molecular weight is 523 g/mol. The fourth-order valence-electron chi connectivity index (χ4n) is 2.90. The van der Waals surface area contributed by atoms with Gasteiger partial charge in [-0.2, -0.15) is 4.37 Å². The van der Waals surface area contributed by atoms with Crippen LogP contribution in [0.15, 0.2) is 12.1 Å². The number of nitrogens with one attached hydrogen (secondary N) is 2. The number of carbonyl (C=O) groups excluding carboxylic acids is 1. The number of aromatic carboxylic acids is 1. The van der Waals surface area contributed by atoms with E-state index >= 15 is 0 Å². The van der Waals surface area contributed by atoms with Gasteiger partial charge in [0.2, 0.25) is 5.88 Å². The van der Waals surface area contributed by atoms with Crippen LogP contribution >= 0.6 is 23.1 Å². The van der Waals surface area contributed by atoms with Crippen molar-refractivity contribution in [3.05, 3.63) is 39.9 Å². The van der Waals surface area contributed by atoms with E-state index in [-0.39, 0.29) is 29.7 Å². The summed E-state index contributed by atoms with van der Waals surface area (Å²) >= 11 is 6.17. The van der Waals surface area contributed by atoms with Gasteiger partial charge in [0.15, 0.2) is 5.56 Å². The number of rotatable bonds is 14. The second-order valence-electron chi connectivity index (χ2n) is 7.02. The number of halogens is 3. The number of aromatic nitrogens is 1. The van der Waals surface area contributed by atoms with Crippen molar-refractivity contribution in [1.82, 2.24) is 14.6 Å². The number of amides is 2. The van der Waals surface area contributed by atoms with E-state index in [4.69, 9.17) is 26.6 Å². The Morgan fingerprint density at radius 3 is 2.47 bits per heavy atom. The summed E-state index contributed by atoms with van der Waals surface area (Å²) < 4.78 is 36.6. The lowest BCUT2D eigenvalue weighted by Crippen LogP contribution is -2.32. The molecule has 2 aromatic rings. The maximum atomic E-state index is 13.9. The van der Waals surface area contributed by atoms with Crippen molar-refractivity contribution >= 4 is 40.1 Å². The monoisotopic (exact) mass is 522 g/mol. The van der Waals surface area contributed by atoms with Gasteiger partial charge in [-0.1, -0.05) is 11.6 Å². The number of hydrogen-bond donors (Lipinski definition) is 5. The zero-order valence-corrected chi connectivity index (χ0v) is 19.6. The molecule has 34 heavy (non-hydrogen) atoms. The molecular weight excluding hydrogens is 498 g/mol. The van der Waals surface area contributed by atoms with E-state index in [0.717, 1.165) is 12.1 Å². The first-order chi connectivity index (χ1) is 16.3. The third-order valence-electron chi connectivity index (χ3n) is 4.57. The fourth-order valence-corrected chi connectivity index (χ4v) is 3.77. The molecular formula is C20H25ClF2N4O6S. The number of urea groups is 1. The lowest BCUT2D eigenvalue weighted by molar-refractivity contribution is 0.0693. The minimum absolute atomic E-state index is 0.0152. The molecule has 0 saturated heterocycles. The van der Waals surface area contributed by atoms with Crippen LogP contribution in [0, 0.1) is 11.6 Å². The van der Waals surface area contributed by atoms with Crippen molar-refractivity contribution in [1.29, 1.82) is 0 Å². The molecule has 14 heteroatoms. The molecule has 2 amide bonds. The zero-order chi connectivity index (χ0) is 25.1. The Balaban J connectivity index is 1.88. The van der Waals surface area contributed by atoms with Crippen molar-refractivity contribution in [2.45, 2.75) is 19.4 Å². The number of benzene rings is 1. The van der Waals surface area contributed by atoms with Gasteiger partial charge in [0, 0.05) is 25.2 Å².